The fraction of sp³-hybridized carbons (Fsp3) is 0.500. The molecule has 31 heavy (non-hydrogen) atoms. The van der Waals surface area contributed by atoms with E-state index in [2.05, 4.69) is 24.3 Å². The Kier molecular flexibility index (Phi) is 11.0. The van der Waals surface area contributed by atoms with Crippen molar-refractivity contribution in [2.45, 2.75) is 22.5 Å². The Morgan fingerprint density at radius 3 is 1.29 bits per heavy atom. The van der Waals surface area contributed by atoms with Crippen LogP contribution in [0.1, 0.15) is 11.1 Å². The number of hydrogen-bond donors (Lipinski definition) is 0. The molecule has 0 N–H and O–H groups in total. The monoisotopic (exact) mass is 498 g/mol. The molecule has 2 atom stereocenters. The summed E-state index contributed by atoms with van der Waals surface area (Å²) < 4.78 is 32.8. The molecule has 0 saturated carbocycles. The Hall–Kier alpha value is -1.92. The van der Waals surface area contributed by atoms with Gasteiger partial charge >= 0.3 is 192 Å². The summed E-state index contributed by atoms with van der Waals surface area (Å²) in [5.74, 6) is 2.99. The van der Waals surface area contributed by atoms with Gasteiger partial charge in [-0.15, -0.1) is 0 Å². The zero-order valence-corrected chi connectivity index (χ0v) is 21.0. The molecule has 0 aliphatic carbocycles. The van der Waals surface area contributed by atoms with Gasteiger partial charge in [0.05, 0.1) is 0 Å². The summed E-state index contributed by atoms with van der Waals surface area (Å²) in [7, 11) is 10.1. The second-order valence-corrected chi connectivity index (χ2v) is 10.4. The molecule has 0 fully saturated rings. The fourth-order valence-electron chi connectivity index (χ4n) is 3.48. The standard InChI is InChI=1S/C24H34O6Se/c1-25-15-19(11-17-7-9-21(27-3)23(13-17)29-5)31-20(16-26-2)12-18-8-10-22(28-4)24(14-18)30-6/h7-10,13-14,19-20H,11-12,15-16H2,1-6H3. The third-order valence-corrected chi connectivity index (χ3v) is 7.80. The van der Waals surface area contributed by atoms with E-state index in [9.17, 15) is 0 Å². The van der Waals surface area contributed by atoms with E-state index in [1.54, 1.807) is 42.7 Å². The van der Waals surface area contributed by atoms with Crippen LogP contribution in [0.3, 0.4) is 0 Å². The molecule has 0 aliphatic heterocycles. The quantitative estimate of drug-likeness (QED) is 0.367. The summed E-state index contributed by atoms with van der Waals surface area (Å²) in [5.41, 5.74) is 2.42. The molecule has 7 heteroatoms. The van der Waals surface area contributed by atoms with Crippen molar-refractivity contribution in [2.24, 2.45) is 0 Å². The maximum absolute atomic E-state index is 5.56. The van der Waals surface area contributed by atoms with Crippen molar-refractivity contribution in [2.75, 3.05) is 55.9 Å². The van der Waals surface area contributed by atoms with E-state index in [1.807, 2.05) is 12.1 Å². The van der Waals surface area contributed by atoms with E-state index >= 15 is 0 Å². The van der Waals surface area contributed by atoms with Crippen molar-refractivity contribution in [1.29, 1.82) is 0 Å². The predicted molar refractivity (Wildman–Crippen MR) is 124 cm³/mol. The fourth-order valence-corrected chi connectivity index (χ4v) is 6.73. The molecule has 0 saturated heterocycles. The van der Waals surface area contributed by atoms with Gasteiger partial charge in [-0.25, -0.2) is 0 Å². The van der Waals surface area contributed by atoms with Gasteiger partial charge in [0.15, 0.2) is 0 Å². The van der Waals surface area contributed by atoms with Gasteiger partial charge in [-0.05, 0) is 0 Å². The SMILES string of the molecule is COCC(Cc1ccc(OC)c(OC)c1)[Se]C(COC)Cc1ccc(OC)c(OC)c1. The van der Waals surface area contributed by atoms with E-state index in [0.717, 1.165) is 35.8 Å². The summed E-state index contributed by atoms with van der Waals surface area (Å²) >= 11 is 0.298. The predicted octanol–water partition coefficient (Wildman–Crippen LogP) is 4.08. The Balaban J connectivity index is 2.14. The van der Waals surface area contributed by atoms with Gasteiger partial charge in [-0.3, -0.25) is 0 Å². The van der Waals surface area contributed by atoms with Crippen LogP contribution in [0.25, 0.3) is 0 Å². The molecule has 2 unspecified atom stereocenters. The first kappa shape index (κ1) is 25.3. The number of rotatable bonds is 14. The molecule has 0 bridgehead atoms. The number of hydrogen-bond acceptors (Lipinski definition) is 6. The molecule has 2 rings (SSSR count). The van der Waals surface area contributed by atoms with Gasteiger partial charge in [0, 0.05) is 0 Å². The van der Waals surface area contributed by atoms with Gasteiger partial charge < -0.3 is 0 Å². The first-order valence-electron chi connectivity index (χ1n) is 10.1. The first-order chi connectivity index (χ1) is 15.1. The minimum absolute atomic E-state index is 0.298. The second-order valence-electron chi connectivity index (χ2n) is 7.08. The average molecular weight is 497 g/mol. The Morgan fingerprint density at radius 1 is 0.581 bits per heavy atom. The summed E-state index contributed by atoms with van der Waals surface area (Å²) in [4.78, 5) is 0.826. The van der Waals surface area contributed by atoms with Crippen LogP contribution in [0.2, 0.25) is 9.63 Å². The molecule has 2 aromatic rings. The topological polar surface area (TPSA) is 55.4 Å². The molecule has 0 heterocycles. The molecule has 0 aliphatic rings. The van der Waals surface area contributed by atoms with Crippen LogP contribution in [-0.4, -0.2) is 70.8 Å². The van der Waals surface area contributed by atoms with Gasteiger partial charge in [0.2, 0.25) is 0 Å². The van der Waals surface area contributed by atoms with Crippen LogP contribution in [-0.2, 0) is 22.3 Å². The summed E-state index contributed by atoms with van der Waals surface area (Å²) in [6.45, 7) is 1.42. The molecule has 2 aromatic carbocycles. The second kappa shape index (κ2) is 13.5. The van der Waals surface area contributed by atoms with Crippen molar-refractivity contribution in [3.63, 3.8) is 0 Å². The van der Waals surface area contributed by atoms with Crippen LogP contribution in [0.4, 0.5) is 0 Å². The van der Waals surface area contributed by atoms with E-state index in [1.165, 1.54) is 11.1 Å². The van der Waals surface area contributed by atoms with Crippen LogP contribution in [0.5, 0.6) is 23.0 Å². The van der Waals surface area contributed by atoms with Crippen LogP contribution in [0, 0.1) is 0 Å². The zero-order valence-electron chi connectivity index (χ0n) is 19.3. The minimum atomic E-state index is 0.298. The van der Waals surface area contributed by atoms with Crippen LogP contribution in [0.15, 0.2) is 36.4 Å². The summed E-state index contributed by atoms with van der Waals surface area (Å²) in [6, 6.07) is 12.2. The Labute approximate surface area is 192 Å². The van der Waals surface area contributed by atoms with Crippen LogP contribution < -0.4 is 18.9 Å². The van der Waals surface area contributed by atoms with Gasteiger partial charge in [0.25, 0.3) is 0 Å². The van der Waals surface area contributed by atoms with Crippen molar-refractivity contribution in [3.05, 3.63) is 47.5 Å². The van der Waals surface area contributed by atoms with Gasteiger partial charge in [-0.1, -0.05) is 0 Å². The molecule has 0 spiro atoms. The van der Waals surface area contributed by atoms with Crippen molar-refractivity contribution < 1.29 is 28.4 Å². The third kappa shape index (κ3) is 7.61. The molecular weight excluding hydrogens is 463 g/mol. The van der Waals surface area contributed by atoms with E-state index in [-0.39, 0.29) is 0 Å². The third-order valence-electron chi connectivity index (χ3n) is 4.91. The van der Waals surface area contributed by atoms with E-state index in [4.69, 9.17) is 28.4 Å². The number of benzene rings is 2. The summed E-state index contributed by atoms with van der Waals surface area (Å²) in [5, 5.41) is 0. The normalized spacial score (nSPS) is 12.8. The first-order valence-corrected chi connectivity index (χ1v) is 12.1. The van der Waals surface area contributed by atoms with E-state index in [0.29, 0.717) is 37.8 Å². The number of ether oxygens (including phenoxy) is 6. The summed E-state index contributed by atoms with van der Waals surface area (Å²) in [6.07, 6.45) is 1.83. The zero-order chi connectivity index (χ0) is 22.6. The average Bonchev–Trinajstić information content (AvgIpc) is 2.79. The van der Waals surface area contributed by atoms with Crippen LogP contribution >= 0.6 is 0 Å². The van der Waals surface area contributed by atoms with Crippen molar-refractivity contribution in [3.8, 4) is 23.0 Å². The Morgan fingerprint density at radius 2 is 0.968 bits per heavy atom. The van der Waals surface area contributed by atoms with Crippen molar-refractivity contribution in [1.82, 2.24) is 0 Å². The molecular formula is C24H34O6Se. The molecule has 0 amide bonds. The molecule has 6 nitrogen and oxygen atoms in total. The van der Waals surface area contributed by atoms with E-state index < -0.39 is 0 Å². The van der Waals surface area contributed by atoms with Gasteiger partial charge in [0.1, 0.15) is 0 Å². The number of methoxy groups -OCH3 is 6. The van der Waals surface area contributed by atoms with Crippen molar-refractivity contribution >= 4 is 15.0 Å². The van der Waals surface area contributed by atoms with Gasteiger partial charge in [-0.2, -0.15) is 0 Å². The molecule has 0 radical (unpaired) electrons. The molecule has 0 aromatic heterocycles. The maximum atomic E-state index is 5.56. The molecule has 172 valence electrons. The Bertz CT molecular complexity index is 732.